The zero-order chi connectivity index (χ0) is 23.8. The highest BCUT2D eigenvalue weighted by Crippen LogP contribution is 2.24. The van der Waals surface area contributed by atoms with E-state index < -0.39 is 0 Å². The number of carbonyl (C=O) groups excluding carboxylic acids is 2. The van der Waals surface area contributed by atoms with E-state index in [4.69, 9.17) is 4.74 Å². The highest BCUT2D eigenvalue weighted by Gasteiger charge is 2.15. The number of ether oxygens (including phenoxy) is 1. The normalized spacial score (nSPS) is 11.0. The van der Waals surface area contributed by atoms with Gasteiger partial charge >= 0.3 is 0 Å². The first-order chi connectivity index (χ1) is 15.8. The molecule has 0 aromatic heterocycles. The molecule has 172 valence electrons. The van der Waals surface area contributed by atoms with Crippen LogP contribution in [0.1, 0.15) is 66.8 Å². The fraction of sp³-hybridized carbons (Fsp3) is 0.286. The number of rotatable bonds is 8. The molecule has 3 rings (SSSR count). The van der Waals surface area contributed by atoms with Crippen molar-refractivity contribution in [3.05, 3.63) is 89.5 Å². The lowest BCUT2D eigenvalue weighted by atomic mass is 9.87. The first-order valence-electron chi connectivity index (χ1n) is 11.3. The number of unbranched alkanes of at least 4 members (excludes halogenated alkanes) is 1. The van der Waals surface area contributed by atoms with Crippen LogP contribution >= 0.6 is 0 Å². The lowest BCUT2D eigenvalue weighted by Gasteiger charge is -2.19. The molecule has 5 nitrogen and oxygen atoms in total. The Bertz CT molecular complexity index is 1100. The van der Waals surface area contributed by atoms with Crippen LogP contribution in [0, 0.1) is 0 Å². The molecule has 3 aromatic carbocycles. The molecule has 0 bridgehead atoms. The Hall–Kier alpha value is -3.60. The Morgan fingerprint density at radius 3 is 2.09 bits per heavy atom. The Morgan fingerprint density at radius 1 is 0.818 bits per heavy atom. The van der Waals surface area contributed by atoms with Crippen molar-refractivity contribution in [3.63, 3.8) is 0 Å². The van der Waals surface area contributed by atoms with Crippen molar-refractivity contribution in [1.82, 2.24) is 0 Å². The van der Waals surface area contributed by atoms with Gasteiger partial charge in [-0.2, -0.15) is 0 Å². The molecule has 3 aromatic rings. The fourth-order valence-corrected chi connectivity index (χ4v) is 3.30. The second-order valence-corrected chi connectivity index (χ2v) is 9.01. The van der Waals surface area contributed by atoms with Gasteiger partial charge in [-0.15, -0.1) is 0 Å². The molecule has 0 radical (unpaired) electrons. The number of carbonyl (C=O) groups is 2. The van der Waals surface area contributed by atoms with Crippen LogP contribution in [0.3, 0.4) is 0 Å². The van der Waals surface area contributed by atoms with E-state index in [0.717, 1.165) is 12.8 Å². The van der Waals surface area contributed by atoms with Gasteiger partial charge in [0.1, 0.15) is 5.75 Å². The lowest BCUT2D eigenvalue weighted by Crippen LogP contribution is -2.15. The average Bonchev–Trinajstić information content (AvgIpc) is 2.79. The molecule has 0 fully saturated rings. The van der Waals surface area contributed by atoms with Gasteiger partial charge in [0.25, 0.3) is 11.8 Å². The summed E-state index contributed by atoms with van der Waals surface area (Å²) in [4.78, 5) is 25.5. The van der Waals surface area contributed by atoms with Gasteiger partial charge in [0.05, 0.1) is 12.2 Å². The summed E-state index contributed by atoms with van der Waals surface area (Å²) in [6.07, 6.45) is 1.95. The average molecular weight is 445 g/mol. The molecule has 0 saturated heterocycles. The van der Waals surface area contributed by atoms with E-state index in [9.17, 15) is 9.59 Å². The molecule has 5 heteroatoms. The number of anilines is 2. The van der Waals surface area contributed by atoms with Gasteiger partial charge in [0.15, 0.2) is 0 Å². The Morgan fingerprint density at radius 2 is 1.45 bits per heavy atom. The van der Waals surface area contributed by atoms with Gasteiger partial charge in [0, 0.05) is 16.9 Å². The predicted octanol–water partition coefficient (Wildman–Crippen LogP) is 6.67. The Labute approximate surface area is 196 Å². The van der Waals surface area contributed by atoms with E-state index in [0.29, 0.717) is 34.9 Å². The number of hydrogen-bond acceptors (Lipinski definition) is 3. The van der Waals surface area contributed by atoms with Crippen LogP contribution in [-0.4, -0.2) is 18.4 Å². The van der Waals surface area contributed by atoms with E-state index in [-0.39, 0.29) is 17.2 Å². The van der Waals surface area contributed by atoms with Gasteiger partial charge in [-0.05, 0) is 59.9 Å². The minimum absolute atomic E-state index is 0.0290. The van der Waals surface area contributed by atoms with Crippen molar-refractivity contribution >= 4 is 23.2 Å². The molecule has 2 N–H and O–H groups in total. The molecule has 0 aliphatic rings. The zero-order valence-corrected chi connectivity index (χ0v) is 19.8. The SMILES string of the molecule is CCCCOc1ccccc1C(=O)Nc1cccc(NC(=O)c2ccc(C(C)(C)C)cc2)c1. The maximum atomic E-state index is 12.9. The Balaban J connectivity index is 1.68. The van der Waals surface area contributed by atoms with E-state index in [1.165, 1.54) is 5.56 Å². The molecule has 0 spiro atoms. The number of amides is 2. The molecule has 0 saturated carbocycles. The smallest absolute Gasteiger partial charge is 0.259 e. The third-order valence-corrected chi connectivity index (χ3v) is 5.28. The van der Waals surface area contributed by atoms with Gasteiger partial charge in [-0.25, -0.2) is 0 Å². The third-order valence-electron chi connectivity index (χ3n) is 5.28. The Kier molecular flexibility index (Phi) is 7.88. The van der Waals surface area contributed by atoms with Crippen LogP contribution in [0.25, 0.3) is 0 Å². The zero-order valence-electron chi connectivity index (χ0n) is 19.8. The number of hydrogen-bond donors (Lipinski definition) is 2. The van der Waals surface area contributed by atoms with Crippen LogP contribution in [-0.2, 0) is 5.41 Å². The minimum Gasteiger partial charge on any atom is -0.493 e. The first-order valence-corrected chi connectivity index (χ1v) is 11.3. The van der Waals surface area contributed by atoms with Gasteiger partial charge in [-0.3, -0.25) is 9.59 Å². The molecule has 33 heavy (non-hydrogen) atoms. The molecular formula is C28H32N2O3. The van der Waals surface area contributed by atoms with Gasteiger partial charge < -0.3 is 15.4 Å². The summed E-state index contributed by atoms with van der Waals surface area (Å²) in [5, 5.41) is 5.80. The molecular weight excluding hydrogens is 412 g/mol. The standard InChI is InChI=1S/C28H32N2O3/c1-5-6-18-33-25-13-8-7-12-24(25)27(32)30-23-11-9-10-22(19-23)29-26(31)20-14-16-21(17-15-20)28(2,3)4/h7-17,19H,5-6,18H2,1-4H3,(H,29,31)(H,30,32). The van der Waals surface area contributed by atoms with Crippen molar-refractivity contribution in [3.8, 4) is 5.75 Å². The molecule has 0 aliphatic carbocycles. The fourth-order valence-electron chi connectivity index (χ4n) is 3.30. The summed E-state index contributed by atoms with van der Waals surface area (Å²) >= 11 is 0. The van der Waals surface area contributed by atoms with Crippen molar-refractivity contribution in [2.24, 2.45) is 0 Å². The van der Waals surface area contributed by atoms with Crippen molar-refractivity contribution in [2.45, 2.75) is 46.0 Å². The topological polar surface area (TPSA) is 67.4 Å². The molecule has 0 heterocycles. The van der Waals surface area contributed by atoms with E-state index >= 15 is 0 Å². The summed E-state index contributed by atoms with van der Waals surface area (Å²) in [7, 11) is 0. The summed E-state index contributed by atoms with van der Waals surface area (Å²) in [5.74, 6) is 0.101. The molecule has 2 amide bonds. The summed E-state index contributed by atoms with van der Waals surface area (Å²) < 4.78 is 5.77. The maximum Gasteiger partial charge on any atom is 0.259 e. The second-order valence-electron chi connectivity index (χ2n) is 9.01. The number of nitrogens with one attached hydrogen (secondary N) is 2. The minimum atomic E-state index is -0.261. The van der Waals surface area contributed by atoms with Gasteiger partial charge in [-0.1, -0.05) is 64.4 Å². The quantitative estimate of drug-likeness (QED) is 0.381. The monoisotopic (exact) mass is 444 g/mol. The van der Waals surface area contributed by atoms with E-state index in [2.05, 4.69) is 38.3 Å². The summed E-state index contributed by atoms with van der Waals surface area (Å²) in [6, 6.07) is 21.9. The molecule has 0 unspecified atom stereocenters. The van der Waals surface area contributed by atoms with Crippen LogP contribution < -0.4 is 15.4 Å². The third kappa shape index (κ3) is 6.69. The van der Waals surface area contributed by atoms with E-state index in [1.807, 2.05) is 36.4 Å². The summed E-state index contributed by atoms with van der Waals surface area (Å²) in [6.45, 7) is 9.07. The molecule has 0 aliphatic heterocycles. The first kappa shape index (κ1) is 24.1. The maximum absolute atomic E-state index is 12.9. The van der Waals surface area contributed by atoms with Crippen LogP contribution in [0.2, 0.25) is 0 Å². The van der Waals surface area contributed by atoms with Crippen LogP contribution in [0.15, 0.2) is 72.8 Å². The highest BCUT2D eigenvalue weighted by molar-refractivity contribution is 6.07. The van der Waals surface area contributed by atoms with Crippen molar-refractivity contribution < 1.29 is 14.3 Å². The number of para-hydroxylation sites is 1. The molecule has 0 atom stereocenters. The van der Waals surface area contributed by atoms with Crippen LogP contribution in [0.4, 0.5) is 11.4 Å². The van der Waals surface area contributed by atoms with E-state index in [1.54, 1.807) is 36.4 Å². The number of benzene rings is 3. The highest BCUT2D eigenvalue weighted by atomic mass is 16.5. The van der Waals surface area contributed by atoms with Crippen molar-refractivity contribution in [1.29, 1.82) is 0 Å². The second kappa shape index (κ2) is 10.8. The van der Waals surface area contributed by atoms with Crippen LogP contribution in [0.5, 0.6) is 5.75 Å². The lowest BCUT2D eigenvalue weighted by molar-refractivity contribution is 0.101. The predicted molar refractivity (Wildman–Crippen MR) is 134 cm³/mol. The largest absolute Gasteiger partial charge is 0.493 e. The van der Waals surface area contributed by atoms with Crippen molar-refractivity contribution in [2.75, 3.05) is 17.2 Å². The summed E-state index contributed by atoms with van der Waals surface area (Å²) in [5.41, 5.74) is 3.44. The van der Waals surface area contributed by atoms with Gasteiger partial charge in [0.2, 0.25) is 0 Å².